The third kappa shape index (κ3) is 2.95. The highest BCUT2D eigenvalue weighted by Crippen LogP contribution is 2.20. The molecule has 2 N–H and O–H groups in total. The van der Waals surface area contributed by atoms with E-state index in [-0.39, 0.29) is 18.4 Å². The first-order chi connectivity index (χ1) is 8.19. The van der Waals surface area contributed by atoms with E-state index in [1.807, 2.05) is 4.90 Å². The smallest absolute Gasteiger partial charge is 0.244 e. The van der Waals surface area contributed by atoms with Crippen LogP contribution in [0.2, 0.25) is 0 Å². The van der Waals surface area contributed by atoms with Crippen LogP contribution in [0, 0.1) is 5.92 Å². The summed E-state index contributed by atoms with van der Waals surface area (Å²) in [5.74, 6) is 0.987. The summed E-state index contributed by atoms with van der Waals surface area (Å²) in [7, 11) is 0. The molecule has 1 amide bonds. The lowest BCUT2D eigenvalue weighted by Gasteiger charge is -2.16. The second-order valence-electron chi connectivity index (χ2n) is 4.58. The standard InChI is InChI=1S/C11H19N5O/c1-2-3-9-4-5-15(6-9)10(17)7-16-8-13-11(12)14-16/h8-9H,2-7H2,1H3,(H2,12,14). The largest absolute Gasteiger partial charge is 0.367 e. The Morgan fingerprint density at radius 2 is 2.47 bits per heavy atom. The fraction of sp³-hybridized carbons (Fsp3) is 0.727. The molecule has 0 radical (unpaired) electrons. The van der Waals surface area contributed by atoms with Crippen molar-refractivity contribution in [2.75, 3.05) is 18.8 Å². The second kappa shape index (κ2) is 5.16. The number of nitrogen functional groups attached to an aromatic ring is 1. The van der Waals surface area contributed by atoms with Gasteiger partial charge in [-0.25, -0.2) is 9.67 Å². The van der Waals surface area contributed by atoms with E-state index in [0.29, 0.717) is 5.92 Å². The molecule has 2 rings (SSSR count). The second-order valence-corrected chi connectivity index (χ2v) is 4.58. The molecule has 1 aliphatic rings. The number of carbonyl (C=O) groups is 1. The van der Waals surface area contributed by atoms with Crippen molar-refractivity contribution in [2.45, 2.75) is 32.7 Å². The number of likely N-dealkylation sites (tertiary alicyclic amines) is 1. The van der Waals surface area contributed by atoms with Crippen LogP contribution in [0.5, 0.6) is 0 Å². The van der Waals surface area contributed by atoms with Crippen LogP contribution >= 0.6 is 0 Å². The zero-order chi connectivity index (χ0) is 12.3. The molecule has 1 saturated heterocycles. The van der Waals surface area contributed by atoms with Crippen LogP contribution in [0.3, 0.4) is 0 Å². The minimum atomic E-state index is 0.105. The van der Waals surface area contributed by atoms with Crippen molar-refractivity contribution in [3.05, 3.63) is 6.33 Å². The molecule has 6 nitrogen and oxygen atoms in total. The minimum absolute atomic E-state index is 0.105. The van der Waals surface area contributed by atoms with Crippen molar-refractivity contribution in [1.29, 1.82) is 0 Å². The monoisotopic (exact) mass is 237 g/mol. The Labute approximate surface area is 101 Å². The first kappa shape index (κ1) is 11.9. The number of rotatable bonds is 4. The van der Waals surface area contributed by atoms with Crippen LogP contribution in [0.1, 0.15) is 26.2 Å². The fourth-order valence-corrected chi connectivity index (χ4v) is 2.33. The first-order valence-corrected chi connectivity index (χ1v) is 6.11. The van der Waals surface area contributed by atoms with E-state index in [1.165, 1.54) is 23.9 Å². The molecule has 2 heterocycles. The Balaban J connectivity index is 1.85. The van der Waals surface area contributed by atoms with Crippen molar-refractivity contribution < 1.29 is 4.79 Å². The van der Waals surface area contributed by atoms with Gasteiger partial charge >= 0.3 is 0 Å². The Kier molecular flexibility index (Phi) is 3.61. The van der Waals surface area contributed by atoms with E-state index in [9.17, 15) is 4.79 Å². The van der Waals surface area contributed by atoms with E-state index < -0.39 is 0 Å². The fourth-order valence-electron chi connectivity index (χ4n) is 2.33. The molecule has 0 bridgehead atoms. The molecular weight excluding hydrogens is 218 g/mol. The number of hydrogen-bond acceptors (Lipinski definition) is 4. The predicted molar refractivity (Wildman–Crippen MR) is 64.0 cm³/mol. The summed E-state index contributed by atoms with van der Waals surface area (Å²) in [6.45, 7) is 4.18. The van der Waals surface area contributed by atoms with Crippen LogP contribution < -0.4 is 5.73 Å². The summed E-state index contributed by atoms with van der Waals surface area (Å²) in [6, 6.07) is 0. The number of carbonyl (C=O) groups excluding carboxylic acids is 1. The lowest BCUT2D eigenvalue weighted by molar-refractivity contribution is -0.131. The number of nitrogens with zero attached hydrogens (tertiary/aromatic N) is 4. The van der Waals surface area contributed by atoms with Gasteiger partial charge in [0.1, 0.15) is 12.9 Å². The molecule has 6 heteroatoms. The van der Waals surface area contributed by atoms with Crippen molar-refractivity contribution in [1.82, 2.24) is 19.7 Å². The van der Waals surface area contributed by atoms with Gasteiger partial charge in [-0.15, -0.1) is 5.10 Å². The Morgan fingerprint density at radius 3 is 3.12 bits per heavy atom. The van der Waals surface area contributed by atoms with E-state index in [0.717, 1.165) is 19.5 Å². The average molecular weight is 237 g/mol. The molecule has 0 saturated carbocycles. The van der Waals surface area contributed by atoms with Gasteiger partial charge in [0, 0.05) is 13.1 Å². The summed E-state index contributed by atoms with van der Waals surface area (Å²) >= 11 is 0. The van der Waals surface area contributed by atoms with Gasteiger partial charge in [-0.05, 0) is 18.8 Å². The van der Waals surface area contributed by atoms with Crippen molar-refractivity contribution in [3.63, 3.8) is 0 Å². The quantitative estimate of drug-likeness (QED) is 0.827. The molecule has 0 aromatic carbocycles. The summed E-state index contributed by atoms with van der Waals surface area (Å²) in [5.41, 5.74) is 5.40. The molecule has 0 spiro atoms. The molecule has 94 valence electrons. The highest BCUT2D eigenvalue weighted by molar-refractivity contribution is 5.76. The maximum atomic E-state index is 12.0. The molecule has 1 fully saturated rings. The van der Waals surface area contributed by atoms with Crippen LogP contribution in [0.4, 0.5) is 5.95 Å². The van der Waals surface area contributed by atoms with E-state index in [1.54, 1.807) is 0 Å². The van der Waals surface area contributed by atoms with Gasteiger partial charge in [0.25, 0.3) is 0 Å². The highest BCUT2D eigenvalue weighted by Gasteiger charge is 2.25. The zero-order valence-corrected chi connectivity index (χ0v) is 10.2. The minimum Gasteiger partial charge on any atom is -0.367 e. The van der Waals surface area contributed by atoms with Gasteiger partial charge in [0.05, 0.1) is 0 Å². The molecule has 1 aliphatic heterocycles. The van der Waals surface area contributed by atoms with E-state index in [2.05, 4.69) is 17.0 Å². The predicted octanol–water partition coefficient (Wildman–Crippen LogP) is 0.509. The molecule has 1 unspecified atom stereocenters. The summed E-state index contributed by atoms with van der Waals surface area (Å²) < 4.78 is 1.49. The number of anilines is 1. The molecule has 17 heavy (non-hydrogen) atoms. The average Bonchev–Trinajstić information content (AvgIpc) is 2.88. The van der Waals surface area contributed by atoms with Crippen molar-refractivity contribution in [2.24, 2.45) is 5.92 Å². The maximum Gasteiger partial charge on any atom is 0.244 e. The van der Waals surface area contributed by atoms with Crippen molar-refractivity contribution in [3.8, 4) is 0 Å². The third-order valence-electron chi connectivity index (χ3n) is 3.19. The molecular formula is C11H19N5O. The Hall–Kier alpha value is -1.59. The van der Waals surface area contributed by atoms with Crippen LogP contribution in [0.25, 0.3) is 0 Å². The Morgan fingerprint density at radius 1 is 1.65 bits per heavy atom. The Bertz CT molecular complexity index is 389. The topological polar surface area (TPSA) is 77.0 Å². The molecule has 1 aromatic heterocycles. The van der Waals surface area contributed by atoms with Crippen molar-refractivity contribution >= 4 is 11.9 Å². The molecule has 1 aromatic rings. The van der Waals surface area contributed by atoms with Crippen LogP contribution in [-0.2, 0) is 11.3 Å². The number of hydrogen-bond donors (Lipinski definition) is 1. The zero-order valence-electron chi connectivity index (χ0n) is 10.2. The molecule has 0 aliphatic carbocycles. The third-order valence-corrected chi connectivity index (χ3v) is 3.19. The van der Waals surface area contributed by atoms with Gasteiger partial charge in [-0.3, -0.25) is 4.79 Å². The van der Waals surface area contributed by atoms with Gasteiger partial charge in [-0.2, -0.15) is 0 Å². The maximum absolute atomic E-state index is 12.0. The first-order valence-electron chi connectivity index (χ1n) is 6.11. The number of nitrogens with two attached hydrogens (primary N) is 1. The summed E-state index contributed by atoms with van der Waals surface area (Å²) in [5, 5.41) is 3.91. The SMILES string of the molecule is CCCC1CCN(C(=O)Cn2cnc(N)n2)C1. The van der Waals surface area contributed by atoms with E-state index in [4.69, 9.17) is 5.73 Å². The van der Waals surface area contributed by atoms with Gasteiger partial charge in [0.15, 0.2) is 0 Å². The summed E-state index contributed by atoms with van der Waals surface area (Å²) in [6.07, 6.45) is 5.01. The normalized spacial score (nSPS) is 19.8. The highest BCUT2D eigenvalue weighted by atomic mass is 16.2. The summed E-state index contributed by atoms with van der Waals surface area (Å²) in [4.78, 5) is 17.7. The van der Waals surface area contributed by atoms with Gasteiger partial charge in [0.2, 0.25) is 11.9 Å². The van der Waals surface area contributed by atoms with Gasteiger partial charge in [-0.1, -0.05) is 13.3 Å². The van der Waals surface area contributed by atoms with E-state index >= 15 is 0 Å². The number of amides is 1. The van der Waals surface area contributed by atoms with Crippen LogP contribution in [-0.4, -0.2) is 38.7 Å². The number of aromatic nitrogens is 3. The lowest BCUT2D eigenvalue weighted by Crippen LogP contribution is -2.32. The molecule has 1 atom stereocenters. The van der Waals surface area contributed by atoms with Gasteiger partial charge < -0.3 is 10.6 Å². The van der Waals surface area contributed by atoms with Crippen LogP contribution in [0.15, 0.2) is 6.33 Å². The lowest BCUT2D eigenvalue weighted by atomic mass is 10.0.